The lowest BCUT2D eigenvalue weighted by atomic mass is 9.39. The zero-order valence-corrected chi connectivity index (χ0v) is 42.6. The number of carbonyl (C=O) groups excluding carboxylic acids is 1. The number of likely N-dealkylation sites (tertiary alicyclic amines) is 1. The predicted octanol–water partition coefficient (Wildman–Crippen LogP) is 6.90. The van der Waals surface area contributed by atoms with Crippen molar-refractivity contribution < 1.29 is 39.3 Å². The van der Waals surface area contributed by atoms with Crippen LogP contribution in [0.4, 0.5) is 5.13 Å². The van der Waals surface area contributed by atoms with Crippen LogP contribution in [-0.2, 0) is 23.7 Å². The van der Waals surface area contributed by atoms with E-state index in [1.54, 1.807) is 28.7 Å². The van der Waals surface area contributed by atoms with E-state index in [0.717, 1.165) is 79.6 Å². The van der Waals surface area contributed by atoms with Gasteiger partial charge in [0.25, 0.3) is 5.95 Å². The molecule has 2 aliphatic heterocycles. The van der Waals surface area contributed by atoms with Crippen molar-refractivity contribution in [2.45, 2.75) is 84.7 Å². The number of quaternary nitrogens is 1. The molecule has 1 aromatic heterocycles. The monoisotopic (exact) mass is 1050 g/mol. The summed E-state index contributed by atoms with van der Waals surface area (Å²) in [6.45, 7) is 14.9. The molecule has 0 amide bonds. The molecule has 67 heavy (non-hydrogen) atoms. The van der Waals surface area contributed by atoms with Gasteiger partial charge in [-0.2, -0.15) is 0 Å². The smallest absolute Gasteiger partial charge is 0.299 e. The lowest BCUT2D eigenvalue weighted by molar-refractivity contribution is -0.625. The lowest BCUT2D eigenvalue weighted by Crippen LogP contribution is -2.86. The summed E-state index contributed by atoms with van der Waals surface area (Å²) < 4.78 is 24.5. The number of ether oxygens (including phenoxy) is 4. The molecule has 0 radical (unpaired) electrons. The molecule has 2 unspecified atom stereocenters. The van der Waals surface area contributed by atoms with Crippen molar-refractivity contribution in [2.75, 3.05) is 79.5 Å². The highest BCUT2D eigenvalue weighted by atomic mass is 127. The molecule has 2 aromatic rings. The predicted molar refractivity (Wildman–Crippen MR) is 271 cm³/mol. The van der Waals surface area contributed by atoms with E-state index in [9.17, 15) is 20.4 Å². The average molecular weight is 1060 g/mol. The summed E-state index contributed by atoms with van der Waals surface area (Å²) in [6.07, 6.45) is 12.9. The third-order valence-corrected chi connectivity index (χ3v) is 15.2. The first-order valence-electron chi connectivity index (χ1n) is 23.3. The van der Waals surface area contributed by atoms with E-state index in [1.807, 2.05) is 49.1 Å². The highest BCUT2D eigenvalue weighted by Gasteiger charge is 2.66. The van der Waals surface area contributed by atoms with E-state index < -0.39 is 5.95 Å². The number of amidine groups is 2. The third kappa shape index (κ3) is 12.4. The van der Waals surface area contributed by atoms with Crippen LogP contribution in [0.1, 0.15) is 79.1 Å². The first-order chi connectivity index (χ1) is 31.9. The maximum Gasteiger partial charge on any atom is 0.299 e. The van der Waals surface area contributed by atoms with Gasteiger partial charge in [-0.15, -0.1) is 0 Å². The van der Waals surface area contributed by atoms with Crippen molar-refractivity contribution in [3.05, 3.63) is 81.9 Å². The van der Waals surface area contributed by atoms with Crippen molar-refractivity contribution in [1.29, 1.82) is 10.8 Å². The fraction of sp³-hybridized carbons (Fsp3) is 0.571. The number of nitrogens with zero attached hydrogens (tertiary/aromatic N) is 4. The van der Waals surface area contributed by atoms with Crippen molar-refractivity contribution >= 4 is 71.0 Å². The normalized spacial score (nSPS) is 27.3. The zero-order chi connectivity index (χ0) is 48.0. The number of carbonyl (C=O) groups is 1. The van der Waals surface area contributed by atoms with Crippen molar-refractivity contribution in [1.82, 2.24) is 20.1 Å². The van der Waals surface area contributed by atoms with Gasteiger partial charge in [-0.05, 0) is 106 Å². The Hall–Kier alpha value is -4.02. The number of rotatable bonds is 23. The summed E-state index contributed by atoms with van der Waals surface area (Å²) in [5, 5.41) is 45.2. The summed E-state index contributed by atoms with van der Waals surface area (Å²) in [7, 11) is 2.10. The summed E-state index contributed by atoms with van der Waals surface area (Å²) in [6, 6.07) is 7.84. The van der Waals surface area contributed by atoms with Crippen LogP contribution in [0.2, 0.25) is 0 Å². The molecular weight excluding hydrogens is 986 g/mol. The number of para-hydroxylation sites is 1. The summed E-state index contributed by atoms with van der Waals surface area (Å²) in [4.78, 5) is 24.2. The third-order valence-electron chi connectivity index (χ3n) is 14.0. The molecule has 364 valence electrons. The number of thiazole rings is 1. The van der Waals surface area contributed by atoms with Crippen LogP contribution in [0, 0.1) is 27.1 Å². The Labute approximate surface area is 412 Å². The summed E-state index contributed by atoms with van der Waals surface area (Å²) in [5.41, 5.74) is 11.1. The van der Waals surface area contributed by atoms with Gasteiger partial charge in [0, 0.05) is 71.9 Å². The zero-order valence-electron chi connectivity index (χ0n) is 39.6. The Morgan fingerprint density at radius 1 is 1.01 bits per heavy atom. The van der Waals surface area contributed by atoms with E-state index in [0.29, 0.717) is 86.1 Å². The minimum Gasteiger partial charge on any atom is -0.480 e. The number of aliphatic imine (C=N–C) groups is 1. The van der Waals surface area contributed by atoms with Crippen LogP contribution in [0.5, 0.6) is 0 Å². The van der Waals surface area contributed by atoms with Gasteiger partial charge in [0.1, 0.15) is 35.5 Å². The Morgan fingerprint density at radius 2 is 1.70 bits per heavy atom. The Balaban J connectivity index is 0.975. The number of hydrogen-bond donors (Lipinski definition) is 7. The largest absolute Gasteiger partial charge is 0.480 e. The number of fused-ring (bicyclic) bond motifs is 1. The molecule has 2 atom stereocenters. The van der Waals surface area contributed by atoms with E-state index in [4.69, 9.17) is 30.1 Å². The molecule has 1 aromatic carbocycles. The van der Waals surface area contributed by atoms with Crippen molar-refractivity contribution in [2.24, 2.45) is 27.0 Å². The van der Waals surface area contributed by atoms with Gasteiger partial charge in [0.15, 0.2) is 0 Å². The number of piperidine rings is 1. The first kappa shape index (κ1) is 50.8. The number of dihydropyridines is 1. The number of allylic oxidation sites excluding steroid dienone is 4. The molecule has 6 aliphatic rings. The first-order valence-corrected chi connectivity index (χ1v) is 25.2. The Bertz CT molecular complexity index is 2340. The average Bonchev–Trinajstić information content (AvgIpc) is 3.67. The van der Waals surface area contributed by atoms with Gasteiger partial charge in [-0.1, -0.05) is 37.3 Å². The second-order valence-corrected chi connectivity index (χ2v) is 22.1. The quantitative estimate of drug-likeness (QED) is 0.0151. The molecular formula is C49H69IN9O7S+. The topological polar surface area (TPSA) is 229 Å². The SMILES string of the molecule is C/C([NH2+]CC12CC3(C)CC(C)(C1)CC(OCCN(C)CCOCCOCCOCC(=O)I)(C3)C2)=C(/C=N)C1=CC=C(N2CCC/C(=C(C)/C(N)=N\c3nc4ccccc4s3)C2=N)NC1=C(O)O. The number of likely N-dealkylation sites (N-methyl/N-ethyl adjacent to an activating group) is 1. The minimum atomic E-state index is -0.888. The number of nitrogens with one attached hydrogen (secondary N) is 3. The molecule has 4 saturated carbocycles. The molecule has 4 aliphatic carbocycles. The number of aliphatic hydroxyl groups is 2. The van der Waals surface area contributed by atoms with Crippen LogP contribution < -0.4 is 16.4 Å². The molecule has 0 spiro atoms. The fourth-order valence-electron chi connectivity index (χ4n) is 12.1. The molecule has 1 saturated heterocycles. The Morgan fingerprint density at radius 3 is 2.39 bits per heavy atom. The van der Waals surface area contributed by atoms with E-state index in [1.165, 1.54) is 24.0 Å². The standard InChI is InChI=1S/C49H68IN9O7S/c1-32(42(52)57-45-55-37-10-6-7-11-38(37)67-45)34-9-8-14-59(43(34)53)40-13-12-35(41(56-40)44(61)62)36(23-51)33(2)54-31-48-26-46(3)25-47(4,27-48)29-49(28-46,30-48)66-18-16-58(5)15-17-63-19-20-64-21-22-65-24-39(50)60/h6-7,10-13,23,51,53-54,56,61-62H,8-9,14-22,24-31H2,1-5H3,(H2,52,55,57)/p+1/b34-32-,36-33+,51-23?,53-43?. The molecule has 3 heterocycles. The second-order valence-electron chi connectivity index (χ2n) is 19.9. The van der Waals surface area contributed by atoms with Crippen LogP contribution in [0.3, 0.4) is 0 Å². The van der Waals surface area contributed by atoms with Crippen molar-refractivity contribution in [3.63, 3.8) is 0 Å². The number of aromatic nitrogens is 1. The van der Waals surface area contributed by atoms with Crippen LogP contribution in [0.25, 0.3) is 10.2 Å². The lowest BCUT2D eigenvalue weighted by Gasteiger charge is -2.68. The molecule has 16 nitrogen and oxygen atoms in total. The molecule has 9 N–H and O–H groups in total. The number of hydrogen-bond acceptors (Lipinski definition) is 14. The number of nitrogens with two attached hydrogens (primary N) is 2. The van der Waals surface area contributed by atoms with Crippen LogP contribution in [-0.4, -0.2) is 132 Å². The highest BCUT2D eigenvalue weighted by Crippen LogP contribution is 2.71. The highest BCUT2D eigenvalue weighted by molar-refractivity contribution is 14.1. The van der Waals surface area contributed by atoms with Gasteiger partial charge >= 0.3 is 0 Å². The van der Waals surface area contributed by atoms with Gasteiger partial charge in [0.05, 0.1) is 67.6 Å². The maximum absolute atomic E-state index is 10.9. The molecule has 8 rings (SSSR count). The fourth-order valence-corrected chi connectivity index (χ4v) is 13.2. The van der Waals surface area contributed by atoms with Crippen LogP contribution in [0.15, 0.2) is 86.9 Å². The second kappa shape index (κ2) is 21.7. The van der Waals surface area contributed by atoms with E-state index in [-0.39, 0.29) is 43.8 Å². The number of benzene rings is 1. The number of aliphatic hydroxyl groups excluding tert-OH is 1. The van der Waals surface area contributed by atoms with Gasteiger partial charge < -0.3 is 60.7 Å². The molecule has 18 heteroatoms. The molecule has 5 fully saturated rings. The number of halogens is 1. The minimum absolute atomic E-state index is 0.0261. The van der Waals surface area contributed by atoms with Crippen LogP contribution >= 0.6 is 33.9 Å². The van der Waals surface area contributed by atoms with Gasteiger partial charge in [-0.25, -0.2) is 9.98 Å². The van der Waals surface area contributed by atoms with Crippen molar-refractivity contribution in [3.8, 4) is 0 Å². The van der Waals surface area contributed by atoms with Gasteiger partial charge in [0.2, 0.25) is 8.92 Å². The molecule has 4 bridgehead atoms. The maximum atomic E-state index is 10.9. The van der Waals surface area contributed by atoms with Gasteiger partial charge in [-0.3, -0.25) is 10.2 Å². The van der Waals surface area contributed by atoms with E-state index >= 15 is 0 Å². The Kier molecular flexibility index (Phi) is 16.5. The summed E-state index contributed by atoms with van der Waals surface area (Å²) >= 11 is 3.18. The summed E-state index contributed by atoms with van der Waals surface area (Å²) in [5.74, 6) is 0.197. The van der Waals surface area contributed by atoms with E-state index in [2.05, 4.69) is 46.4 Å².